The number of carboxylic acid groups (broad SMARTS) is 1. The van der Waals surface area contributed by atoms with Gasteiger partial charge in [0.15, 0.2) is 0 Å². The third-order valence-corrected chi connectivity index (χ3v) is 4.14. The number of rotatable bonds is 2. The summed E-state index contributed by atoms with van der Waals surface area (Å²) < 4.78 is 36.5. The average molecular weight is 251 g/mol. The van der Waals surface area contributed by atoms with Crippen molar-refractivity contribution in [1.29, 1.82) is 0 Å². The molecule has 0 bridgehead atoms. The van der Waals surface area contributed by atoms with Crippen LogP contribution >= 0.6 is 0 Å². The second-order valence-electron chi connectivity index (χ2n) is 4.80. The molecule has 1 spiro atoms. The number of halogens is 3. The highest BCUT2D eigenvalue weighted by molar-refractivity contribution is 5.91. The summed E-state index contributed by atoms with van der Waals surface area (Å²) in [6, 6.07) is 0. The van der Waals surface area contributed by atoms with Crippen LogP contribution in [0.4, 0.5) is 13.2 Å². The van der Waals surface area contributed by atoms with Gasteiger partial charge in [-0.1, -0.05) is 6.42 Å². The van der Waals surface area contributed by atoms with Crippen molar-refractivity contribution in [3.05, 3.63) is 0 Å². The van der Waals surface area contributed by atoms with E-state index in [-0.39, 0.29) is 6.42 Å². The lowest BCUT2D eigenvalue weighted by Gasteiger charge is -2.61. The highest BCUT2D eigenvalue weighted by Gasteiger charge is 2.67. The van der Waals surface area contributed by atoms with Gasteiger partial charge in [0.1, 0.15) is 5.54 Å². The molecule has 2 fully saturated rings. The molecule has 2 saturated carbocycles. The topological polar surface area (TPSA) is 66.4 Å². The molecule has 0 aromatic carbocycles. The molecule has 1 atom stereocenters. The second-order valence-corrected chi connectivity index (χ2v) is 4.80. The standard InChI is InChI=1S/C10H12F3NO3/c11-10(12,13)6(15)14-9(7(16)17)5-4-8(9)2-1-3-8/h1-5H2,(H,14,15)(H,16,17). The van der Waals surface area contributed by atoms with Crippen LogP contribution in [0, 0.1) is 5.41 Å². The molecule has 96 valence electrons. The molecule has 1 unspecified atom stereocenters. The quantitative estimate of drug-likeness (QED) is 0.780. The van der Waals surface area contributed by atoms with E-state index in [1.54, 1.807) is 5.32 Å². The Morgan fingerprint density at radius 2 is 1.71 bits per heavy atom. The van der Waals surface area contributed by atoms with Gasteiger partial charge in [0.2, 0.25) is 0 Å². The molecule has 0 radical (unpaired) electrons. The molecule has 2 aliphatic carbocycles. The summed E-state index contributed by atoms with van der Waals surface area (Å²) >= 11 is 0. The van der Waals surface area contributed by atoms with Gasteiger partial charge in [-0.3, -0.25) is 4.79 Å². The van der Waals surface area contributed by atoms with Crippen LogP contribution in [-0.2, 0) is 9.59 Å². The molecule has 1 amide bonds. The second kappa shape index (κ2) is 3.36. The zero-order valence-electron chi connectivity index (χ0n) is 8.93. The Balaban J connectivity index is 2.20. The van der Waals surface area contributed by atoms with Crippen molar-refractivity contribution >= 4 is 11.9 Å². The van der Waals surface area contributed by atoms with E-state index >= 15 is 0 Å². The van der Waals surface area contributed by atoms with Crippen LogP contribution < -0.4 is 5.32 Å². The number of amides is 1. The number of hydrogen-bond donors (Lipinski definition) is 2. The molecule has 0 heterocycles. The molecule has 2 N–H and O–H groups in total. The Labute approximate surface area is 95.2 Å². The summed E-state index contributed by atoms with van der Waals surface area (Å²) in [6.07, 6.45) is -2.46. The smallest absolute Gasteiger partial charge is 0.471 e. The molecule has 0 aromatic rings. The van der Waals surface area contributed by atoms with Crippen molar-refractivity contribution in [2.24, 2.45) is 5.41 Å². The summed E-state index contributed by atoms with van der Waals surface area (Å²) in [5.74, 6) is -3.52. The van der Waals surface area contributed by atoms with Crippen molar-refractivity contribution < 1.29 is 27.9 Å². The maximum absolute atomic E-state index is 12.2. The minimum Gasteiger partial charge on any atom is -0.479 e. The number of aliphatic carboxylic acids is 1. The molecule has 2 aliphatic rings. The zero-order chi connectivity index (χ0) is 12.9. The van der Waals surface area contributed by atoms with Crippen LogP contribution in [-0.4, -0.2) is 28.7 Å². The van der Waals surface area contributed by atoms with Crippen molar-refractivity contribution in [2.75, 3.05) is 0 Å². The fourth-order valence-electron chi connectivity index (χ4n) is 2.86. The van der Waals surface area contributed by atoms with Gasteiger partial charge in [-0.2, -0.15) is 13.2 Å². The SMILES string of the molecule is O=C(NC1(C(=O)O)CCC12CCC2)C(F)(F)F. The molecule has 0 aliphatic heterocycles. The zero-order valence-corrected chi connectivity index (χ0v) is 8.93. The monoisotopic (exact) mass is 251 g/mol. The lowest BCUT2D eigenvalue weighted by molar-refractivity contribution is -0.193. The highest BCUT2D eigenvalue weighted by atomic mass is 19.4. The van der Waals surface area contributed by atoms with E-state index in [9.17, 15) is 22.8 Å². The molecule has 7 heteroatoms. The number of alkyl halides is 3. The highest BCUT2D eigenvalue weighted by Crippen LogP contribution is 2.62. The van der Waals surface area contributed by atoms with E-state index in [4.69, 9.17) is 5.11 Å². The summed E-state index contributed by atoms with van der Waals surface area (Å²) in [4.78, 5) is 22.1. The number of carbonyl (C=O) groups is 2. The Bertz CT molecular complexity index is 370. The van der Waals surface area contributed by atoms with Gasteiger partial charge < -0.3 is 10.4 Å². The van der Waals surface area contributed by atoms with Crippen LogP contribution in [0.3, 0.4) is 0 Å². The number of carbonyl (C=O) groups excluding carboxylic acids is 1. The fraction of sp³-hybridized carbons (Fsp3) is 0.800. The largest absolute Gasteiger partial charge is 0.479 e. The van der Waals surface area contributed by atoms with Crippen LogP contribution in [0.15, 0.2) is 0 Å². The van der Waals surface area contributed by atoms with E-state index in [2.05, 4.69) is 0 Å². The first-order valence-corrected chi connectivity index (χ1v) is 5.36. The predicted molar refractivity (Wildman–Crippen MR) is 50.1 cm³/mol. The van der Waals surface area contributed by atoms with Gasteiger partial charge in [-0.25, -0.2) is 4.79 Å². The lowest BCUT2D eigenvalue weighted by Crippen LogP contribution is -2.74. The first kappa shape index (κ1) is 12.2. The summed E-state index contributed by atoms with van der Waals surface area (Å²) in [5, 5.41) is 10.8. The van der Waals surface area contributed by atoms with Gasteiger partial charge in [0, 0.05) is 5.41 Å². The maximum atomic E-state index is 12.2. The van der Waals surface area contributed by atoms with E-state index in [0.29, 0.717) is 19.3 Å². The van der Waals surface area contributed by atoms with E-state index in [0.717, 1.165) is 6.42 Å². The lowest BCUT2D eigenvalue weighted by atomic mass is 9.45. The van der Waals surface area contributed by atoms with Crippen LogP contribution in [0.25, 0.3) is 0 Å². The van der Waals surface area contributed by atoms with Crippen LogP contribution in [0.1, 0.15) is 32.1 Å². The third kappa shape index (κ3) is 1.51. The number of carboxylic acids is 1. The maximum Gasteiger partial charge on any atom is 0.471 e. The molecule has 0 saturated heterocycles. The van der Waals surface area contributed by atoms with E-state index in [1.165, 1.54) is 0 Å². The van der Waals surface area contributed by atoms with Gasteiger partial charge >= 0.3 is 18.1 Å². The molecule has 2 rings (SSSR count). The van der Waals surface area contributed by atoms with Crippen molar-refractivity contribution in [2.45, 2.75) is 43.8 Å². The number of nitrogens with one attached hydrogen (secondary N) is 1. The molecule has 17 heavy (non-hydrogen) atoms. The molecule has 0 aromatic heterocycles. The summed E-state index contributed by atoms with van der Waals surface area (Å²) in [5.41, 5.74) is -2.36. The summed E-state index contributed by atoms with van der Waals surface area (Å²) in [6.45, 7) is 0. The normalized spacial score (nSPS) is 30.3. The van der Waals surface area contributed by atoms with Gasteiger partial charge in [-0.15, -0.1) is 0 Å². The van der Waals surface area contributed by atoms with E-state index in [1.807, 2.05) is 0 Å². The van der Waals surface area contributed by atoms with Crippen molar-refractivity contribution in [1.82, 2.24) is 5.32 Å². The number of hydrogen-bond acceptors (Lipinski definition) is 2. The van der Waals surface area contributed by atoms with Crippen LogP contribution in [0.2, 0.25) is 0 Å². The predicted octanol–water partition coefficient (Wildman–Crippen LogP) is 1.45. The summed E-state index contributed by atoms with van der Waals surface area (Å²) in [7, 11) is 0. The molecular formula is C10H12F3NO3. The first-order valence-electron chi connectivity index (χ1n) is 5.36. The Hall–Kier alpha value is -1.27. The van der Waals surface area contributed by atoms with Gasteiger partial charge in [0.05, 0.1) is 0 Å². The van der Waals surface area contributed by atoms with Crippen LogP contribution in [0.5, 0.6) is 0 Å². The Morgan fingerprint density at radius 3 is 1.94 bits per heavy atom. The third-order valence-electron chi connectivity index (χ3n) is 4.14. The van der Waals surface area contributed by atoms with Gasteiger partial charge in [0.25, 0.3) is 0 Å². The molecule has 4 nitrogen and oxygen atoms in total. The first-order chi connectivity index (χ1) is 7.74. The van der Waals surface area contributed by atoms with E-state index < -0.39 is 29.0 Å². The molecular weight excluding hydrogens is 239 g/mol. The fourth-order valence-corrected chi connectivity index (χ4v) is 2.86. The van der Waals surface area contributed by atoms with Crippen molar-refractivity contribution in [3.63, 3.8) is 0 Å². The minimum atomic E-state index is -5.04. The van der Waals surface area contributed by atoms with Gasteiger partial charge in [-0.05, 0) is 25.7 Å². The Kier molecular flexibility index (Phi) is 2.41. The Morgan fingerprint density at radius 1 is 1.12 bits per heavy atom. The van der Waals surface area contributed by atoms with Crippen molar-refractivity contribution in [3.8, 4) is 0 Å². The minimum absolute atomic E-state index is 0.0736. The average Bonchev–Trinajstić information content (AvgIpc) is 2.06.